The summed E-state index contributed by atoms with van der Waals surface area (Å²) in [5, 5.41) is 5.64. The molecule has 0 aliphatic carbocycles. The van der Waals surface area contributed by atoms with Crippen LogP contribution in [0.5, 0.6) is 0 Å². The minimum absolute atomic E-state index is 0.323. The Morgan fingerprint density at radius 2 is 1.79 bits per heavy atom. The Morgan fingerprint density at radius 1 is 0.947 bits per heavy atom. The van der Waals surface area contributed by atoms with Crippen LogP contribution in [-0.4, -0.2) is 4.98 Å². The van der Waals surface area contributed by atoms with E-state index in [9.17, 15) is 4.39 Å². The monoisotopic (exact) mass is 252 g/mol. The Hall–Kier alpha value is -2.42. The molecule has 19 heavy (non-hydrogen) atoms. The fourth-order valence-electron chi connectivity index (χ4n) is 2.11. The summed E-state index contributed by atoms with van der Waals surface area (Å²) in [6, 6.07) is 17.5. The first kappa shape index (κ1) is 11.7. The smallest absolute Gasteiger partial charge is 0.141 e. The van der Waals surface area contributed by atoms with E-state index in [-0.39, 0.29) is 5.82 Å². The first-order valence-corrected chi connectivity index (χ1v) is 6.15. The van der Waals surface area contributed by atoms with E-state index in [1.54, 1.807) is 6.07 Å². The summed E-state index contributed by atoms with van der Waals surface area (Å²) in [4.78, 5) is 3.99. The summed E-state index contributed by atoms with van der Waals surface area (Å²) in [6.45, 7) is 0.667. The molecule has 0 amide bonds. The second kappa shape index (κ2) is 5.06. The molecule has 0 bridgehead atoms. The van der Waals surface area contributed by atoms with Crippen LogP contribution in [-0.2, 0) is 6.54 Å². The number of anilines is 1. The van der Waals surface area contributed by atoms with Gasteiger partial charge in [-0.05, 0) is 28.5 Å². The lowest BCUT2D eigenvalue weighted by atomic mass is 10.0. The third-order valence-electron chi connectivity index (χ3n) is 3.07. The van der Waals surface area contributed by atoms with Crippen molar-refractivity contribution >= 4 is 16.6 Å². The van der Waals surface area contributed by atoms with Crippen LogP contribution >= 0.6 is 0 Å². The molecule has 3 aromatic rings. The van der Waals surface area contributed by atoms with E-state index >= 15 is 0 Å². The topological polar surface area (TPSA) is 24.9 Å². The van der Waals surface area contributed by atoms with Crippen molar-refractivity contribution in [3.05, 3.63) is 72.2 Å². The third kappa shape index (κ3) is 2.55. The van der Waals surface area contributed by atoms with Crippen LogP contribution < -0.4 is 5.32 Å². The summed E-state index contributed by atoms with van der Waals surface area (Å²) < 4.78 is 12.8. The molecule has 0 radical (unpaired) electrons. The Labute approximate surface area is 110 Å². The lowest BCUT2D eigenvalue weighted by Gasteiger charge is -2.08. The zero-order valence-electron chi connectivity index (χ0n) is 10.3. The van der Waals surface area contributed by atoms with Gasteiger partial charge in [0.15, 0.2) is 0 Å². The van der Waals surface area contributed by atoms with Gasteiger partial charge in [-0.3, -0.25) is 0 Å². The molecule has 0 fully saturated rings. The molecule has 0 saturated heterocycles. The molecule has 1 heterocycles. The van der Waals surface area contributed by atoms with Gasteiger partial charge < -0.3 is 5.32 Å². The van der Waals surface area contributed by atoms with Gasteiger partial charge in [0.25, 0.3) is 0 Å². The minimum atomic E-state index is -0.323. The maximum absolute atomic E-state index is 12.8. The summed E-state index contributed by atoms with van der Waals surface area (Å²) in [5.74, 6) is 0.352. The standard InChI is InChI=1S/C16H13FN2/c17-14-8-9-16(19-11-14)18-10-13-6-3-5-12-4-1-2-7-15(12)13/h1-9,11H,10H2,(H,18,19). The van der Waals surface area contributed by atoms with Crippen LogP contribution in [0.1, 0.15) is 5.56 Å². The molecule has 1 N–H and O–H groups in total. The van der Waals surface area contributed by atoms with Gasteiger partial charge in [-0.2, -0.15) is 0 Å². The Bertz CT molecular complexity index is 687. The molecular weight excluding hydrogens is 239 g/mol. The first-order chi connectivity index (χ1) is 9.33. The molecule has 3 heteroatoms. The van der Waals surface area contributed by atoms with Crippen LogP contribution in [0, 0.1) is 5.82 Å². The van der Waals surface area contributed by atoms with Crippen molar-refractivity contribution in [2.24, 2.45) is 0 Å². The average Bonchev–Trinajstić information content (AvgIpc) is 2.47. The van der Waals surface area contributed by atoms with Gasteiger partial charge in [0.05, 0.1) is 6.20 Å². The van der Waals surface area contributed by atoms with E-state index in [0.717, 1.165) is 0 Å². The molecule has 2 nitrogen and oxygen atoms in total. The van der Waals surface area contributed by atoms with E-state index in [2.05, 4.69) is 34.6 Å². The van der Waals surface area contributed by atoms with Gasteiger partial charge in [0.1, 0.15) is 11.6 Å². The quantitative estimate of drug-likeness (QED) is 0.762. The van der Waals surface area contributed by atoms with Gasteiger partial charge in [0.2, 0.25) is 0 Å². The molecule has 0 spiro atoms. The predicted molar refractivity (Wildman–Crippen MR) is 75.5 cm³/mol. The number of halogens is 1. The minimum Gasteiger partial charge on any atom is -0.366 e. The highest BCUT2D eigenvalue weighted by Crippen LogP contribution is 2.19. The average molecular weight is 252 g/mol. The van der Waals surface area contributed by atoms with Crippen molar-refractivity contribution in [3.8, 4) is 0 Å². The van der Waals surface area contributed by atoms with E-state index in [4.69, 9.17) is 0 Å². The van der Waals surface area contributed by atoms with Gasteiger partial charge in [0, 0.05) is 6.54 Å². The van der Waals surface area contributed by atoms with Crippen molar-refractivity contribution in [2.45, 2.75) is 6.54 Å². The summed E-state index contributed by atoms with van der Waals surface area (Å²) in [7, 11) is 0. The van der Waals surface area contributed by atoms with Crippen LogP contribution in [0.3, 0.4) is 0 Å². The Morgan fingerprint density at radius 3 is 2.63 bits per heavy atom. The number of nitrogens with one attached hydrogen (secondary N) is 1. The van der Waals surface area contributed by atoms with Crippen LogP contribution in [0.4, 0.5) is 10.2 Å². The van der Waals surface area contributed by atoms with Crippen molar-refractivity contribution in [1.82, 2.24) is 4.98 Å². The molecule has 3 rings (SSSR count). The Kier molecular flexibility index (Phi) is 3.11. The second-order valence-corrected chi connectivity index (χ2v) is 4.35. The van der Waals surface area contributed by atoms with Gasteiger partial charge in [-0.25, -0.2) is 9.37 Å². The zero-order valence-corrected chi connectivity index (χ0v) is 10.3. The van der Waals surface area contributed by atoms with E-state index in [0.29, 0.717) is 12.4 Å². The fourth-order valence-corrected chi connectivity index (χ4v) is 2.11. The molecule has 0 atom stereocenters. The summed E-state index contributed by atoms with van der Waals surface area (Å²) in [5.41, 5.74) is 1.20. The van der Waals surface area contributed by atoms with Gasteiger partial charge in [-0.15, -0.1) is 0 Å². The van der Waals surface area contributed by atoms with Crippen molar-refractivity contribution in [2.75, 3.05) is 5.32 Å². The van der Waals surface area contributed by atoms with E-state index in [1.165, 1.54) is 28.6 Å². The molecular formula is C16H13FN2. The number of pyridine rings is 1. The highest BCUT2D eigenvalue weighted by molar-refractivity contribution is 5.85. The van der Waals surface area contributed by atoms with Crippen molar-refractivity contribution < 1.29 is 4.39 Å². The number of nitrogens with zero attached hydrogens (tertiary/aromatic N) is 1. The molecule has 0 aliphatic rings. The number of fused-ring (bicyclic) bond motifs is 1. The number of rotatable bonds is 3. The maximum atomic E-state index is 12.8. The van der Waals surface area contributed by atoms with Gasteiger partial charge >= 0.3 is 0 Å². The number of benzene rings is 2. The largest absolute Gasteiger partial charge is 0.366 e. The second-order valence-electron chi connectivity index (χ2n) is 4.35. The third-order valence-corrected chi connectivity index (χ3v) is 3.07. The van der Waals surface area contributed by atoms with E-state index < -0.39 is 0 Å². The number of hydrogen-bond acceptors (Lipinski definition) is 2. The zero-order chi connectivity index (χ0) is 13.1. The lowest BCUT2D eigenvalue weighted by Crippen LogP contribution is -2.01. The van der Waals surface area contributed by atoms with Crippen molar-refractivity contribution in [3.63, 3.8) is 0 Å². The Balaban J connectivity index is 1.84. The van der Waals surface area contributed by atoms with Crippen molar-refractivity contribution in [1.29, 1.82) is 0 Å². The number of hydrogen-bond donors (Lipinski definition) is 1. The van der Waals surface area contributed by atoms with E-state index in [1.807, 2.05) is 18.2 Å². The fraction of sp³-hybridized carbons (Fsp3) is 0.0625. The molecule has 0 aliphatic heterocycles. The summed E-state index contributed by atoms with van der Waals surface area (Å²) >= 11 is 0. The molecule has 94 valence electrons. The SMILES string of the molecule is Fc1ccc(NCc2cccc3ccccc23)nc1. The highest BCUT2D eigenvalue weighted by Gasteiger charge is 2.00. The first-order valence-electron chi connectivity index (χ1n) is 6.15. The molecule has 0 unspecified atom stereocenters. The lowest BCUT2D eigenvalue weighted by molar-refractivity contribution is 0.621. The van der Waals surface area contributed by atoms with Crippen LogP contribution in [0.15, 0.2) is 60.8 Å². The maximum Gasteiger partial charge on any atom is 0.141 e. The van der Waals surface area contributed by atoms with Gasteiger partial charge in [-0.1, -0.05) is 42.5 Å². The predicted octanol–water partition coefficient (Wildman–Crippen LogP) is 3.99. The number of aromatic nitrogens is 1. The molecule has 0 saturated carbocycles. The van der Waals surface area contributed by atoms with Crippen LogP contribution in [0.2, 0.25) is 0 Å². The van der Waals surface area contributed by atoms with Crippen LogP contribution in [0.25, 0.3) is 10.8 Å². The molecule has 1 aromatic heterocycles. The normalized spacial score (nSPS) is 10.6. The summed E-state index contributed by atoms with van der Waals surface area (Å²) in [6.07, 6.45) is 1.21. The molecule has 2 aromatic carbocycles. The highest BCUT2D eigenvalue weighted by atomic mass is 19.1.